The Bertz CT molecular complexity index is 311. The normalized spacial score (nSPS) is 23.2. The molecule has 0 saturated carbocycles. The van der Waals surface area contributed by atoms with E-state index in [1.807, 2.05) is 0 Å². The van der Waals surface area contributed by atoms with Crippen LogP contribution >= 0.6 is 0 Å². The lowest BCUT2D eigenvalue weighted by Gasteiger charge is -2.29. The van der Waals surface area contributed by atoms with Crippen LogP contribution in [-0.2, 0) is 6.54 Å². The molecule has 0 radical (unpaired) electrons. The van der Waals surface area contributed by atoms with E-state index in [-0.39, 0.29) is 0 Å². The van der Waals surface area contributed by atoms with Crippen molar-refractivity contribution < 1.29 is 4.42 Å². The van der Waals surface area contributed by atoms with Crippen molar-refractivity contribution in [1.82, 2.24) is 9.88 Å². The van der Waals surface area contributed by atoms with E-state index in [4.69, 9.17) is 10.2 Å². The lowest BCUT2D eigenvalue weighted by Crippen LogP contribution is -2.34. The zero-order chi connectivity index (χ0) is 10.7. The fourth-order valence-corrected chi connectivity index (χ4v) is 2.15. The summed E-state index contributed by atoms with van der Waals surface area (Å²) < 4.78 is 5.60. The molecule has 2 N–H and O–H groups in total. The summed E-state index contributed by atoms with van der Waals surface area (Å²) in [6.07, 6.45) is 4.17. The quantitative estimate of drug-likeness (QED) is 0.816. The van der Waals surface area contributed by atoms with Crippen molar-refractivity contribution in [3.05, 3.63) is 17.8 Å². The van der Waals surface area contributed by atoms with Crippen LogP contribution in [0.4, 0.5) is 0 Å². The minimum Gasteiger partial charge on any atom is -0.444 e. The van der Waals surface area contributed by atoms with Gasteiger partial charge in [0.15, 0.2) is 5.89 Å². The first-order valence-corrected chi connectivity index (χ1v) is 5.70. The Balaban J connectivity index is 2.03. The molecule has 1 aliphatic heterocycles. The van der Waals surface area contributed by atoms with Crippen LogP contribution in [0.2, 0.25) is 0 Å². The summed E-state index contributed by atoms with van der Waals surface area (Å²) in [4.78, 5) is 6.75. The molecule has 4 heteroatoms. The topological polar surface area (TPSA) is 55.3 Å². The predicted octanol–water partition coefficient (Wildman–Crippen LogP) is 1.33. The Hall–Kier alpha value is -0.870. The summed E-state index contributed by atoms with van der Waals surface area (Å²) in [5, 5.41) is 0. The van der Waals surface area contributed by atoms with Gasteiger partial charge in [-0.15, -0.1) is 0 Å². The van der Waals surface area contributed by atoms with Crippen LogP contribution in [0.3, 0.4) is 0 Å². The van der Waals surface area contributed by atoms with Gasteiger partial charge >= 0.3 is 0 Å². The highest BCUT2D eigenvalue weighted by Crippen LogP contribution is 2.26. The molecule has 15 heavy (non-hydrogen) atoms. The smallest absolute Gasteiger partial charge is 0.198 e. The van der Waals surface area contributed by atoms with E-state index < -0.39 is 0 Å². The molecule has 0 amide bonds. The molecule has 0 spiro atoms. The van der Waals surface area contributed by atoms with E-state index in [0.717, 1.165) is 24.7 Å². The van der Waals surface area contributed by atoms with Crippen LogP contribution in [0.5, 0.6) is 0 Å². The minimum absolute atomic E-state index is 0.442. The fourth-order valence-electron chi connectivity index (χ4n) is 2.15. The molecule has 1 atom stereocenters. The van der Waals surface area contributed by atoms with E-state index in [0.29, 0.717) is 12.5 Å². The Labute approximate surface area is 90.5 Å². The summed E-state index contributed by atoms with van der Waals surface area (Å²) >= 11 is 0. The molecule has 0 aromatic carbocycles. The zero-order valence-electron chi connectivity index (χ0n) is 9.28. The van der Waals surface area contributed by atoms with Crippen LogP contribution in [0.1, 0.15) is 37.3 Å². The van der Waals surface area contributed by atoms with E-state index >= 15 is 0 Å². The van der Waals surface area contributed by atoms with Gasteiger partial charge in [-0.05, 0) is 25.9 Å². The number of likely N-dealkylation sites (tertiary alicyclic amines) is 1. The summed E-state index contributed by atoms with van der Waals surface area (Å²) in [6.45, 7) is 6.03. The van der Waals surface area contributed by atoms with Gasteiger partial charge in [-0.25, -0.2) is 4.98 Å². The van der Waals surface area contributed by atoms with Crippen LogP contribution < -0.4 is 5.73 Å². The van der Waals surface area contributed by atoms with Crippen LogP contribution in [0.15, 0.2) is 10.6 Å². The third-order valence-electron chi connectivity index (χ3n) is 3.07. The van der Waals surface area contributed by atoms with Gasteiger partial charge < -0.3 is 15.1 Å². The molecule has 2 heterocycles. The second-order valence-corrected chi connectivity index (χ2v) is 4.10. The lowest BCUT2D eigenvalue weighted by molar-refractivity contribution is 0.200. The van der Waals surface area contributed by atoms with E-state index in [1.165, 1.54) is 19.4 Å². The number of hydrogen-bond acceptors (Lipinski definition) is 4. The van der Waals surface area contributed by atoms with Crippen molar-refractivity contribution in [2.45, 2.75) is 32.2 Å². The SMILES string of the molecule is CCN1CCCC(c2ncc(CN)o2)C1. The maximum atomic E-state index is 5.60. The average molecular weight is 209 g/mol. The Morgan fingerprint density at radius 1 is 1.67 bits per heavy atom. The van der Waals surface area contributed by atoms with Crippen molar-refractivity contribution in [1.29, 1.82) is 0 Å². The summed E-state index contributed by atoms with van der Waals surface area (Å²) in [5.74, 6) is 2.12. The second kappa shape index (κ2) is 4.77. The molecule has 0 bridgehead atoms. The van der Waals surface area contributed by atoms with Gasteiger partial charge in [0.2, 0.25) is 0 Å². The number of nitrogens with zero attached hydrogens (tertiary/aromatic N) is 2. The molecular weight excluding hydrogens is 190 g/mol. The van der Waals surface area contributed by atoms with Crippen molar-refractivity contribution in [3.63, 3.8) is 0 Å². The highest BCUT2D eigenvalue weighted by atomic mass is 16.4. The first-order valence-electron chi connectivity index (χ1n) is 5.70. The molecule has 0 aliphatic carbocycles. The summed E-state index contributed by atoms with van der Waals surface area (Å²) in [5.41, 5.74) is 5.50. The van der Waals surface area contributed by atoms with Crippen molar-refractivity contribution >= 4 is 0 Å². The number of aromatic nitrogens is 1. The lowest BCUT2D eigenvalue weighted by atomic mass is 9.98. The third-order valence-corrected chi connectivity index (χ3v) is 3.07. The fraction of sp³-hybridized carbons (Fsp3) is 0.727. The maximum absolute atomic E-state index is 5.60. The molecule has 1 aromatic heterocycles. The van der Waals surface area contributed by atoms with E-state index in [9.17, 15) is 0 Å². The first kappa shape index (κ1) is 10.6. The van der Waals surface area contributed by atoms with Crippen LogP contribution in [0.25, 0.3) is 0 Å². The molecule has 4 nitrogen and oxygen atoms in total. The van der Waals surface area contributed by atoms with Crippen molar-refractivity contribution in [2.75, 3.05) is 19.6 Å². The standard InChI is InChI=1S/C11H19N3O/c1-2-14-5-3-4-9(8-14)11-13-7-10(6-12)15-11/h7,9H,2-6,8,12H2,1H3. The van der Waals surface area contributed by atoms with Gasteiger partial charge in [0, 0.05) is 12.5 Å². The number of nitrogens with two attached hydrogens (primary N) is 1. The minimum atomic E-state index is 0.442. The highest BCUT2D eigenvalue weighted by Gasteiger charge is 2.23. The third kappa shape index (κ3) is 2.38. The number of rotatable bonds is 3. The Kier molecular flexibility index (Phi) is 3.38. The molecule has 1 unspecified atom stereocenters. The van der Waals surface area contributed by atoms with Crippen LogP contribution in [-0.4, -0.2) is 29.5 Å². The van der Waals surface area contributed by atoms with Gasteiger partial charge in [0.1, 0.15) is 5.76 Å². The van der Waals surface area contributed by atoms with Gasteiger partial charge in [-0.2, -0.15) is 0 Å². The second-order valence-electron chi connectivity index (χ2n) is 4.10. The molecule has 1 fully saturated rings. The first-order chi connectivity index (χ1) is 7.33. The molecule has 2 rings (SSSR count). The monoisotopic (exact) mass is 209 g/mol. The van der Waals surface area contributed by atoms with E-state index in [1.54, 1.807) is 6.20 Å². The molecule has 1 aliphatic rings. The predicted molar refractivity (Wildman–Crippen MR) is 58.5 cm³/mol. The van der Waals surface area contributed by atoms with Crippen molar-refractivity contribution in [2.24, 2.45) is 5.73 Å². The number of piperidine rings is 1. The van der Waals surface area contributed by atoms with Gasteiger partial charge in [-0.1, -0.05) is 6.92 Å². The molecular formula is C11H19N3O. The van der Waals surface area contributed by atoms with Crippen LogP contribution in [0, 0.1) is 0 Å². The molecule has 84 valence electrons. The van der Waals surface area contributed by atoms with Gasteiger partial charge in [-0.3, -0.25) is 0 Å². The Morgan fingerprint density at radius 3 is 3.20 bits per heavy atom. The summed E-state index contributed by atoms with van der Waals surface area (Å²) in [6, 6.07) is 0. The molecule has 1 saturated heterocycles. The van der Waals surface area contributed by atoms with Gasteiger partial charge in [0.25, 0.3) is 0 Å². The van der Waals surface area contributed by atoms with Gasteiger partial charge in [0.05, 0.1) is 12.7 Å². The van der Waals surface area contributed by atoms with Crippen molar-refractivity contribution in [3.8, 4) is 0 Å². The number of likely N-dealkylation sites (N-methyl/N-ethyl adjacent to an activating group) is 1. The number of oxazole rings is 1. The zero-order valence-corrected chi connectivity index (χ0v) is 9.28. The van der Waals surface area contributed by atoms with E-state index in [2.05, 4.69) is 16.8 Å². The summed E-state index contributed by atoms with van der Waals surface area (Å²) in [7, 11) is 0. The maximum Gasteiger partial charge on any atom is 0.198 e. The average Bonchev–Trinajstić information content (AvgIpc) is 2.78. The molecule has 1 aromatic rings. The largest absolute Gasteiger partial charge is 0.444 e. The Morgan fingerprint density at radius 2 is 2.53 bits per heavy atom. The number of hydrogen-bond donors (Lipinski definition) is 1. The highest BCUT2D eigenvalue weighted by molar-refractivity contribution is 5.00.